The van der Waals surface area contributed by atoms with Gasteiger partial charge in [-0.3, -0.25) is 0 Å². The second-order valence-corrected chi connectivity index (χ2v) is 5.27. The highest BCUT2D eigenvalue weighted by molar-refractivity contribution is 5.83. The summed E-state index contributed by atoms with van der Waals surface area (Å²) in [5, 5.41) is 60.3. The third kappa shape index (κ3) is 7.46. The standard InChI is InChI=1S/C14H12O3.C4H6O6/c15-12-5-3-10(4-6-12)1-2-11-7-13(16)9-14(17)8-11;5-1(3(7)8)2(6)4(9)10/h1-9,15-17H;1-2,5-6H,(H,7,8)(H,9,10). The Morgan fingerprint density at radius 3 is 1.48 bits per heavy atom. The van der Waals surface area contributed by atoms with Crippen molar-refractivity contribution in [2.24, 2.45) is 0 Å². The lowest BCUT2D eigenvalue weighted by molar-refractivity contribution is -0.165. The first-order chi connectivity index (χ1) is 12.6. The van der Waals surface area contributed by atoms with Crippen LogP contribution < -0.4 is 0 Å². The van der Waals surface area contributed by atoms with E-state index in [-0.39, 0.29) is 17.2 Å². The van der Waals surface area contributed by atoms with Crippen LogP contribution in [-0.2, 0) is 9.59 Å². The molecule has 0 radical (unpaired) electrons. The minimum absolute atomic E-state index is 0.0235. The molecule has 0 amide bonds. The summed E-state index contributed by atoms with van der Waals surface area (Å²) in [5.74, 6) is -3.27. The second-order valence-electron chi connectivity index (χ2n) is 5.27. The fourth-order valence-corrected chi connectivity index (χ4v) is 1.76. The van der Waals surface area contributed by atoms with E-state index in [9.17, 15) is 19.8 Å². The molecule has 0 aliphatic rings. The predicted molar refractivity (Wildman–Crippen MR) is 94.1 cm³/mol. The SMILES string of the molecule is O=C(O)C(O)C(O)C(=O)O.Oc1ccc(C=Cc2cc(O)cc(O)c2)cc1. The molecule has 144 valence electrons. The monoisotopic (exact) mass is 378 g/mol. The van der Waals surface area contributed by atoms with Crippen molar-refractivity contribution < 1.29 is 45.3 Å². The molecule has 0 saturated heterocycles. The molecule has 0 aliphatic carbocycles. The lowest BCUT2D eigenvalue weighted by Crippen LogP contribution is -2.39. The largest absolute Gasteiger partial charge is 0.508 e. The summed E-state index contributed by atoms with van der Waals surface area (Å²) in [5.41, 5.74) is 1.63. The lowest BCUT2D eigenvalue weighted by atomic mass is 10.1. The van der Waals surface area contributed by atoms with Gasteiger partial charge < -0.3 is 35.7 Å². The summed E-state index contributed by atoms with van der Waals surface area (Å²) in [6.07, 6.45) is -0.936. The van der Waals surface area contributed by atoms with Gasteiger partial charge in [-0.2, -0.15) is 0 Å². The normalized spacial score (nSPS) is 12.7. The molecule has 2 unspecified atom stereocenters. The number of hydrogen-bond acceptors (Lipinski definition) is 7. The quantitative estimate of drug-likeness (QED) is 0.372. The van der Waals surface area contributed by atoms with Gasteiger partial charge in [0.2, 0.25) is 0 Å². The van der Waals surface area contributed by atoms with Gasteiger partial charge in [-0.15, -0.1) is 0 Å². The zero-order valence-electron chi connectivity index (χ0n) is 13.8. The second kappa shape index (κ2) is 9.80. The number of aliphatic hydroxyl groups excluding tert-OH is 2. The number of carbonyl (C=O) groups is 2. The number of benzene rings is 2. The van der Waals surface area contributed by atoms with Crippen molar-refractivity contribution in [2.45, 2.75) is 12.2 Å². The molecule has 9 heteroatoms. The number of rotatable bonds is 5. The van der Waals surface area contributed by atoms with Crippen LogP contribution in [0.25, 0.3) is 12.2 Å². The van der Waals surface area contributed by atoms with E-state index in [0.717, 1.165) is 5.56 Å². The molecule has 0 fully saturated rings. The highest BCUT2D eigenvalue weighted by atomic mass is 16.4. The maximum Gasteiger partial charge on any atom is 0.335 e. The maximum absolute atomic E-state index is 9.77. The highest BCUT2D eigenvalue weighted by Gasteiger charge is 2.29. The Kier molecular flexibility index (Phi) is 7.80. The van der Waals surface area contributed by atoms with Crippen LogP contribution in [0.3, 0.4) is 0 Å². The molecule has 2 aromatic carbocycles. The van der Waals surface area contributed by atoms with Crippen molar-refractivity contribution in [3.63, 3.8) is 0 Å². The summed E-state index contributed by atoms with van der Waals surface area (Å²) in [6.45, 7) is 0. The Balaban J connectivity index is 0.000000314. The number of aliphatic hydroxyl groups is 2. The fourth-order valence-electron chi connectivity index (χ4n) is 1.76. The molecule has 7 N–H and O–H groups in total. The summed E-state index contributed by atoms with van der Waals surface area (Å²) in [4.78, 5) is 19.5. The Morgan fingerprint density at radius 2 is 1.07 bits per heavy atom. The average molecular weight is 378 g/mol. The van der Waals surface area contributed by atoms with Crippen molar-refractivity contribution in [1.29, 1.82) is 0 Å². The van der Waals surface area contributed by atoms with Crippen LogP contribution in [0.15, 0.2) is 42.5 Å². The lowest BCUT2D eigenvalue weighted by Gasteiger charge is -2.07. The van der Waals surface area contributed by atoms with Crippen molar-refractivity contribution in [3.05, 3.63) is 53.6 Å². The topological polar surface area (TPSA) is 176 Å². The van der Waals surface area contributed by atoms with Crippen LogP contribution in [-0.4, -0.2) is 59.9 Å². The zero-order valence-corrected chi connectivity index (χ0v) is 13.8. The van der Waals surface area contributed by atoms with Crippen LogP contribution >= 0.6 is 0 Å². The Hall–Kier alpha value is -3.56. The van der Waals surface area contributed by atoms with Gasteiger partial charge in [-0.1, -0.05) is 24.3 Å². The number of aliphatic carboxylic acids is 2. The van der Waals surface area contributed by atoms with Crippen molar-refractivity contribution >= 4 is 24.1 Å². The van der Waals surface area contributed by atoms with E-state index in [1.54, 1.807) is 42.5 Å². The van der Waals surface area contributed by atoms with Gasteiger partial charge in [0, 0.05) is 6.07 Å². The number of phenols is 3. The molecule has 0 bridgehead atoms. The van der Waals surface area contributed by atoms with E-state index >= 15 is 0 Å². The molecule has 0 spiro atoms. The van der Waals surface area contributed by atoms with Gasteiger partial charge in [0.15, 0.2) is 12.2 Å². The predicted octanol–water partition coefficient (Wildman–Crippen LogP) is 0.851. The van der Waals surface area contributed by atoms with Crippen molar-refractivity contribution in [1.82, 2.24) is 0 Å². The van der Waals surface area contributed by atoms with Gasteiger partial charge >= 0.3 is 11.9 Å². The smallest absolute Gasteiger partial charge is 0.335 e. The third-order valence-electron chi connectivity index (χ3n) is 3.09. The summed E-state index contributed by atoms with van der Waals surface area (Å²) in [6, 6.07) is 11.1. The van der Waals surface area contributed by atoms with E-state index in [2.05, 4.69) is 0 Å². The summed E-state index contributed by atoms with van der Waals surface area (Å²) < 4.78 is 0. The minimum Gasteiger partial charge on any atom is -0.508 e. The first kappa shape index (κ1) is 21.5. The van der Waals surface area contributed by atoms with E-state index in [1.807, 2.05) is 6.08 Å². The molecule has 9 nitrogen and oxygen atoms in total. The molecule has 0 heterocycles. The fraction of sp³-hybridized carbons (Fsp3) is 0.111. The Morgan fingerprint density at radius 1 is 0.667 bits per heavy atom. The van der Waals surface area contributed by atoms with Crippen LogP contribution in [0.2, 0.25) is 0 Å². The van der Waals surface area contributed by atoms with Crippen LogP contribution in [0, 0.1) is 0 Å². The van der Waals surface area contributed by atoms with E-state index < -0.39 is 24.1 Å². The summed E-state index contributed by atoms with van der Waals surface area (Å²) in [7, 11) is 0. The van der Waals surface area contributed by atoms with E-state index in [1.165, 1.54) is 6.07 Å². The van der Waals surface area contributed by atoms with Crippen molar-refractivity contribution in [3.8, 4) is 17.2 Å². The zero-order chi connectivity index (χ0) is 20.6. The number of carboxylic acid groups (broad SMARTS) is 2. The summed E-state index contributed by atoms with van der Waals surface area (Å²) >= 11 is 0. The van der Waals surface area contributed by atoms with Crippen LogP contribution in [0.5, 0.6) is 17.2 Å². The Bertz CT molecular complexity index is 774. The molecule has 2 atom stereocenters. The van der Waals surface area contributed by atoms with Crippen LogP contribution in [0.1, 0.15) is 11.1 Å². The highest BCUT2D eigenvalue weighted by Crippen LogP contribution is 2.22. The van der Waals surface area contributed by atoms with Gasteiger partial charge in [-0.05, 0) is 35.4 Å². The van der Waals surface area contributed by atoms with Gasteiger partial charge in [0.1, 0.15) is 17.2 Å². The molecule has 27 heavy (non-hydrogen) atoms. The molecular weight excluding hydrogens is 360 g/mol. The van der Waals surface area contributed by atoms with E-state index in [0.29, 0.717) is 5.56 Å². The number of aromatic hydroxyl groups is 3. The number of carboxylic acids is 2. The average Bonchev–Trinajstić information content (AvgIpc) is 2.59. The molecule has 0 aromatic heterocycles. The number of phenolic OH excluding ortho intramolecular Hbond substituents is 3. The minimum atomic E-state index is -2.27. The number of hydrogen-bond donors (Lipinski definition) is 7. The third-order valence-corrected chi connectivity index (χ3v) is 3.09. The first-order valence-corrected chi connectivity index (χ1v) is 7.42. The molecular formula is C18H18O9. The van der Waals surface area contributed by atoms with Crippen molar-refractivity contribution in [2.75, 3.05) is 0 Å². The molecule has 0 saturated carbocycles. The van der Waals surface area contributed by atoms with Crippen LogP contribution in [0.4, 0.5) is 0 Å². The maximum atomic E-state index is 9.77. The van der Waals surface area contributed by atoms with Gasteiger partial charge in [0.05, 0.1) is 0 Å². The first-order valence-electron chi connectivity index (χ1n) is 7.42. The molecule has 2 aromatic rings. The van der Waals surface area contributed by atoms with E-state index in [4.69, 9.17) is 25.5 Å². The van der Waals surface area contributed by atoms with Gasteiger partial charge in [-0.25, -0.2) is 9.59 Å². The molecule has 0 aliphatic heterocycles. The Labute approximate surface area is 153 Å². The van der Waals surface area contributed by atoms with Gasteiger partial charge in [0.25, 0.3) is 0 Å². The molecule has 2 rings (SSSR count).